The van der Waals surface area contributed by atoms with Crippen molar-refractivity contribution >= 4 is 62.1 Å². The van der Waals surface area contributed by atoms with Gasteiger partial charge in [-0.1, -0.05) is 52.8 Å². The average molecular weight is 612 g/mol. The summed E-state index contributed by atoms with van der Waals surface area (Å²) in [4.78, 5) is 37.4. The van der Waals surface area contributed by atoms with Crippen LogP contribution in [0.3, 0.4) is 0 Å². The van der Waals surface area contributed by atoms with Crippen LogP contribution in [0.25, 0.3) is 10.8 Å². The predicted octanol–water partition coefficient (Wildman–Crippen LogP) is 5.80. The number of carbonyl (C=O) groups is 2. The first kappa shape index (κ1) is 32.9. The minimum Gasteiger partial charge on any atom is -0.449 e. The molecule has 42 heavy (non-hydrogen) atoms. The lowest BCUT2D eigenvalue weighted by Gasteiger charge is -2.22. The number of nitrogens with one attached hydrogen (secondary N) is 2. The number of allylic oxidation sites excluding steroid dienone is 1. The Morgan fingerprint density at radius 1 is 1.14 bits per heavy atom. The van der Waals surface area contributed by atoms with Gasteiger partial charge in [-0.15, -0.1) is 0 Å². The van der Waals surface area contributed by atoms with Crippen LogP contribution in [0.2, 0.25) is 0 Å². The van der Waals surface area contributed by atoms with E-state index >= 15 is 0 Å². The van der Waals surface area contributed by atoms with Crippen molar-refractivity contribution in [1.82, 2.24) is 20.2 Å². The number of carbonyl (C=O) groups excluding carboxylic acids is 2. The highest BCUT2D eigenvalue weighted by atomic mass is 33.1. The van der Waals surface area contributed by atoms with Crippen molar-refractivity contribution in [3.05, 3.63) is 64.6 Å². The number of aromatic nitrogens is 2. The molecule has 0 radical (unpaired) electrons. The number of rotatable bonds is 16. The maximum Gasteiger partial charge on any atom is 0.407 e. The monoisotopic (exact) mass is 611 g/mol. The quantitative estimate of drug-likeness (QED) is 0.104. The summed E-state index contributed by atoms with van der Waals surface area (Å²) in [5, 5.41) is 8.51. The van der Waals surface area contributed by atoms with Crippen LogP contribution in [-0.4, -0.2) is 66.9 Å². The Bertz CT molecular complexity index is 1380. The second-order valence-corrected chi connectivity index (χ2v) is 12.3. The van der Waals surface area contributed by atoms with E-state index < -0.39 is 6.09 Å². The lowest BCUT2D eigenvalue weighted by molar-refractivity contribution is -0.116. The standard InChI is InChI=1S/C30H41N7O3S2/c1-6-17-41-42-28(21(2)37(20-38)19-23-18-34-22(3)35-29(23)31)13-16-40-30(39)33-15-14-32-26-11-7-10-25-24(26)9-8-12-27(25)36(4)5/h7-12,18,20,32H,6,13-17,19H2,1-5H3,(H,33,39)(H2,31,34,35). The number of benzene rings is 2. The molecule has 226 valence electrons. The molecule has 4 N–H and O–H groups in total. The number of nitrogens with two attached hydrogens (primary N) is 1. The van der Waals surface area contributed by atoms with Crippen molar-refractivity contribution < 1.29 is 14.3 Å². The van der Waals surface area contributed by atoms with Crippen molar-refractivity contribution in [1.29, 1.82) is 0 Å². The Hall–Kier alpha value is -3.64. The van der Waals surface area contributed by atoms with Crippen LogP contribution >= 0.6 is 21.6 Å². The maximum absolute atomic E-state index is 12.4. The molecule has 3 rings (SSSR count). The molecule has 0 unspecified atom stereocenters. The molecular weight excluding hydrogens is 571 g/mol. The van der Waals surface area contributed by atoms with E-state index in [9.17, 15) is 9.59 Å². The second kappa shape index (κ2) is 16.7. The number of hydrogen-bond donors (Lipinski definition) is 3. The fraction of sp³-hybridized carbons (Fsp3) is 0.400. The van der Waals surface area contributed by atoms with E-state index in [2.05, 4.69) is 50.6 Å². The van der Waals surface area contributed by atoms with Crippen LogP contribution in [-0.2, 0) is 16.1 Å². The minimum absolute atomic E-state index is 0.185. The Morgan fingerprint density at radius 3 is 2.62 bits per heavy atom. The van der Waals surface area contributed by atoms with Crippen LogP contribution in [0.4, 0.5) is 22.0 Å². The van der Waals surface area contributed by atoms with Crippen molar-refractivity contribution in [2.75, 3.05) is 55.5 Å². The number of alkyl carbamates (subject to hydrolysis) is 1. The third kappa shape index (κ3) is 9.45. The number of hydrogen-bond acceptors (Lipinski definition) is 10. The summed E-state index contributed by atoms with van der Waals surface area (Å²) >= 11 is 0. The normalized spacial score (nSPS) is 11.5. The lowest BCUT2D eigenvalue weighted by atomic mass is 10.1. The summed E-state index contributed by atoms with van der Waals surface area (Å²) in [6.45, 7) is 7.16. The maximum atomic E-state index is 12.4. The average Bonchev–Trinajstić information content (AvgIpc) is 2.97. The number of nitrogen functional groups attached to an aromatic ring is 1. The summed E-state index contributed by atoms with van der Waals surface area (Å²) < 4.78 is 5.47. The van der Waals surface area contributed by atoms with Gasteiger partial charge in [0.05, 0.1) is 13.2 Å². The van der Waals surface area contributed by atoms with Gasteiger partial charge in [-0.3, -0.25) is 4.79 Å². The molecule has 12 heteroatoms. The Labute approximate surface area is 256 Å². The molecule has 0 spiro atoms. The molecule has 10 nitrogen and oxygen atoms in total. The molecule has 1 heterocycles. The molecule has 0 fully saturated rings. The zero-order valence-electron chi connectivity index (χ0n) is 25.0. The zero-order valence-corrected chi connectivity index (χ0v) is 26.6. The van der Waals surface area contributed by atoms with Crippen LogP contribution in [0.1, 0.15) is 38.1 Å². The molecule has 0 bridgehead atoms. The molecule has 0 saturated heterocycles. The molecule has 3 aromatic rings. The van der Waals surface area contributed by atoms with E-state index in [-0.39, 0.29) is 13.2 Å². The molecule has 0 aliphatic carbocycles. The van der Waals surface area contributed by atoms with E-state index in [0.29, 0.717) is 36.7 Å². The first-order valence-corrected chi connectivity index (χ1v) is 16.2. The van der Waals surface area contributed by atoms with E-state index in [1.807, 2.05) is 39.2 Å². The van der Waals surface area contributed by atoms with Crippen molar-refractivity contribution in [2.45, 2.75) is 40.2 Å². The molecule has 2 aromatic carbocycles. The van der Waals surface area contributed by atoms with Gasteiger partial charge >= 0.3 is 6.09 Å². The first-order chi connectivity index (χ1) is 20.2. The zero-order chi connectivity index (χ0) is 30.5. The van der Waals surface area contributed by atoms with Crippen LogP contribution in [0.5, 0.6) is 0 Å². The van der Waals surface area contributed by atoms with Gasteiger partial charge in [0.2, 0.25) is 6.41 Å². The molecule has 0 atom stereocenters. The summed E-state index contributed by atoms with van der Waals surface area (Å²) in [5.41, 5.74) is 9.66. The Balaban J connectivity index is 1.53. The van der Waals surface area contributed by atoms with E-state index in [0.717, 1.165) is 51.3 Å². The van der Waals surface area contributed by atoms with Gasteiger partial charge in [-0.05, 0) is 32.4 Å². The minimum atomic E-state index is -0.482. The fourth-order valence-electron chi connectivity index (χ4n) is 4.18. The van der Waals surface area contributed by atoms with Crippen molar-refractivity contribution in [2.24, 2.45) is 0 Å². The summed E-state index contributed by atoms with van der Waals surface area (Å²) in [6.07, 6.45) is 3.44. The van der Waals surface area contributed by atoms with Crippen LogP contribution in [0, 0.1) is 6.92 Å². The highest BCUT2D eigenvalue weighted by Crippen LogP contribution is 2.36. The van der Waals surface area contributed by atoms with Crippen molar-refractivity contribution in [3.8, 4) is 0 Å². The van der Waals surface area contributed by atoms with Gasteiger partial charge in [-0.25, -0.2) is 14.8 Å². The van der Waals surface area contributed by atoms with E-state index in [4.69, 9.17) is 10.5 Å². The molecule has 0 saturated carbocycles. The smallest absolute Gasteiger partial charge is 0.407 e. The van der Waals surface area contributed by atoms with Gasteiger partial charge in [-0.2, -0.15) is 0 Å². The van der Waals surface area contributed by atoms with Crippen molar-refractivity contribution in [3.63, 3.8) is 0 Å². The van der Waals surface area contributed by atoms with Crippen LogP contribution in [0.15, 0.2) is 53.2 Å². The van der Waals surface area contributed by atoms with Crippen LogP contribution < -0.4 is 21.3 Å². The Morgan fingerprint density at radius 2 is 1.90 bits per heavy atom. The van der Waals surface area contributed by atoms with E-state index in [1.165, 1.54) is 0 Å². The molecule has 2 amide bonds. The lowest BCUT2D eigenvalue weighted by Crippen LogP contribution is -2.29. The second-order valence-electron chi connectivity index (χ2n) is 9.79. The van der Waals surface area contributed by atoms with Gasteiger partial charge in [0, 0.05) is 83.9 Å². The predicted molar refractivity (Wildman–Crippen MR) is 177 cm³/mol. The van der Waals surface area contributed by atoms with Gasteiger partial charge in [0.1, 0.15) is 11.6 Å². The highest BCUT2D eigenvalue weighted by molar-refractivity contribution is 8.78. The number of amides is 2. The Kier molecular flexibility index (Phi) is 13.1. The number of ether oxygens (including phenoxy) is 1. The summed E-state index contributed by atoms with van der Waals surface area (Å²) in [6, 6.07) is 12.4. The largest absolute Gasteiger partial charge is 0.449 e. The fourth-order valence-corrected chi connectivity index (χ4v) is 6.76. The number of nitrogens with zero attached hydrogens (tertiary/aromatic N) is 4. The molecule has 1 aromatic heterocycles. The molecular formula is C30H41N7O3S2. The van der Waals surface area contributed by atoms with Gasteiger partial charge in [0.25, 0.3) is 0 Å². The van der Waals surface area contributed by atoms with Gasteiger partial charge in [0.15, 0.2) is 0 Å². The third-order valence-electron chi connectivity index (χ3n) is 6.42. The highest BCUT2D eigenvalue weighted by Gasteiger charge is 2.15. The number of anilines is 3. The van der Waals surface area contributed by atoms with Gasteiger partial charge < -0.3 is 30.9 Å². The first-order valence-electron chi connectivity index (χ1n) is 13.9. The third-order valence-corrected chi connectivity index (χ3v) is 9.27. The summed E-state index contributed by atoms with van der Waals surface area (Å²) in [7, 11) is 7.36. The summed E-state index contributed by atoms with van der Waals surface area (Å²) in [5.74, 6) is 1.89. The number of aryl methyl sites for hydroxylation is 1. The number of fused-ring (bicyclic) bond motifs is 1. The van der Waals surface area contributed by atoms with E-state index in [1.54, 1.807) is 39.6 Å². The molecule has 0 aliphatic heterocycles. The SMILES string of the molecule is CCCSSC(CCOC(=O)NCCNc1cccc2c(N(C)C)cccc12)=C(C)N(C=O)Cc1cnc(C)nc1N. The topological polar surface area (TPSA) is 126 Å². The molecule has 0 aliphatic rings.